The number of likely N-dealkylation sites (tertiary alicyclic amines) is 1. The summed E-state index contributed by atoms with van der Waals surface area (Å²) in [5, 5.41) is 0.764. The molecule has 1 saturated heterocycles. The summed E-state index contributed by atoms with van der Waals surface area (Å²) >= 11 is 2.03. The Labute approximate surface area is 103 Å². The van der Waals surface area contributed by atoms with Crippen molar-refractivity contribution in [3.8, 4) is 0 Å². The van der Waals surface area contributed by atoms with Gasteiger partial charge in [-0.25, -0.2) is 0 Å². The topological polar surface area (TPSA) is 3.24 Å². The van der Waals surface area contributed by atoms with Crippen LogP contribution in [0.15, 0.2) is 35.2 Å². The van der Waals surface area contributed by atoms with E-state index in [1.165, 1.54) is 17.9 Å². The van der Waals surface area contributed by atoms with Gasteiger partial charge < -0.3 is 4.90 Å². The number of hydrogen-bond donors (Lipinski definition) is 0. The molecule has 1 aliphatic rings. The van der Waals surface area contributed by atoms with Gasteiger partial charge in [0.1, 0.15) is 0 Å². The molecule has 2 rings (SSSR count). The lowest BCUT2D eigenvalue weighted by Crippen LogP contribution is -2.29. The molecule has 0 amide bonds. The first kappa shape index (κ1) is 12.0. The van der Waals surface area contributed by atoms with Crippen LogP contribution in [0, 0.1) is 5.92 Å². The van der Waals surface area contributed by atoms with Gasteiger partial charge in [-0.15, -0.1) is 11.8 Å². The van der Waals surface area contributed by atoms with E-state index in [0.717, 1.165) is 17.2 Å². The second kappa shape index (κ2) is 5.24. The van der Waals surface area contributed by atoms with E-state index in [2.05, 4.69) is 56.1 Å². The maximum atomic E-state index is 2.52. The van der Waals surface area contributed by atoms with Crippen molar-refractivity contribution in [3.63, 3.8) is 0 Å². The normalized spacial score (nSPS) is 26.5. The first-order valence-electron chi connectivity index (χ1n) is 6.08. The van der Waals surface area contributed by atoms with E-state index >= 15 is 0 Å². The summed E-state index contributed by atoms with van der Waals surface area (Å²) in [6.07, 6.45) is 1.33. The summed E-state index contributed by atoms with van der Waals surface area (Å²) in [4.78, 5) is 3.93. The van der Waals surface area contributed by atoms with Crippen molar-refractivity contribution in [1.29, 1.82) is 0 Å². The molecule has 0 bridgehead atoms. The van der Waals surface area contributed by atoms with Crippen molar-refractivity contribution in [2.75, 3.05) is 13.6 Å². The van der Waals surface area contributed by atoms with Gasteiger partial charge >= 0.3 is 0 Å². The van der Waals surface area contributed by atoms with E-state index in [1.54, 1.807) is 0 Å². The maximum absolute atomic E-state index is 2.52. The molecular weight excluding hydrogens is 214 g/mol. The molecule has 0 aliphatic carbocycles. The molecule has 0 spiro atoms. The molecule has 1 aliphatic heterocycles. The Balaban J connectivity index is 1.94. The van der Waals surface area contributed by atoms with E-state index in [4.69, 9.17) is 0 Å². The largest absolute Gasteiger partial charge is 0.302 e. The summed E-state index contributed by atoms with van der Waals surface area (Å²) in [5.74, 6) is 0.770. The highest BCUT2D eigenvalue weighted by Crippen LogP contribution is 2.34. The van der Waals surface area contributed by atoms with E-state index in [0.29, 0.717) is 0 Å². The Morgan fingerprint density at radius 1 is 1.25 bits per heavy atom. The average Bonchev–Trinajstić information content (AvgIpc) is 2.61. The molecule has 1 fully saturated rings. The van der Waals surface area contributed by atoms with Crippen molar-refractivity contribution in [2.24, 2.45) is 5.92 Å². The molecule has 1 aromatic carbocycles. The molecule has 0 N–H and O–H groups in total. The minimum atomic E-state index is 0.764. The highest BCUT2D eigenvalue weighted by molar-refractivity contribution is 8.00. The minimum absolute atomic E-state index is 0.764. The van der Waals surface area contributed by atoms with Crippen LogP contribution < -0.4 is 0 Å². The molecule has 88 valence electrons. The number of thioether (sulfide) groups is 1. The third kappa shape index (κ3) is 2.80. The molecule has 16 heavy (non-hydrogen) atoms. The van der Waals surface area contributed by atoms with E-state index < -0.39 is 0 Å². The molecule has 1 heterocycles. The fraction of sp³-hybridized carbons (Fsp3) is 0.571. The van der Waals surface area contributed by atoms with E-state index in [-0.39, 0.29) is 0 Å². The molecular formula is C14H21NS. The summed E-state index contributed by atoms with van der Waals surface area (Å²) in [6.45, 7) is 5.88. The number of hydrogen-bond acceptors (Lipinski definition) is 2. The monoisotopic (exact) mass is 235 g/mol. The highest BCUT2D eigenvalue weighted by atomic mass is 32.2. The smallest absolute Gasteiger partial charge is 0.0237 e. The maximum Gasteiger partial charge on any atom is 0.0237 e. The summed E-state index contributed by atoms with van der Waals surface area (Å²) in [7, 11) is 2.26. The van der Waals surface area contributed by atoms with Crippen LogP contribution in [0.1, 0.15) is 20.3 Å². The zero-order valence-electron chi connectivity index (χ0n) is 10.4. The van der Waals surface area contributed by atoms with Gasteiger partial charge in [-0.05, 0) is 31.5 Å². The van der Waals surface area contributed by atoms with Gasteiger partial charge in [0.15, 0.2) is 0 Å². The lowest BCUT2D eigenvalue weighted by atomic mass is 10.0. The van der Waals surface area contributed by atoms with Crippen LogP contribution in [0.4, 0.5) is 0 Å². The van der Waals surface area contributed by atoms with Gasteiger partial charge in [0, 0.05) is 22.7 Å². The number of benzene rings is 1. The van der Waals surface area contributed by atoms with Crippen molar-refractivity contribution < 1.29 is 0 Å². The summed E-state index contributed by atoms with van der Waals surface area (Å²) in [5.41, 5.74) is 0. The molecule has 0 saturated carbocycles. The Bertz CT molecular complexity index is 323. The minimum Gasteiger partial charge on any atom is -0.302 e. The first-order chi connectivity index (χ1) is 7.66. The molecule has 0 aromatic heterocycles. The zero-order valence-corrected chi connectivity index (χ0v) is 11.2. The zero-order chi connectivity index (χ0) is 11.5. The average molecular weight is 235 g/mol. The number of rotatable bonds is 3. The van der Waals surface area contributed by atoms with Crippen LogP contribution in [0.25, 0.3) is 0 Å². The second-order valence-corrected chi connectivity index (χ2v) is 6.41. The molecule has 0 radical (unpaired) electrons. The molecule has 0 unspecified atom stereocenters. The molecule has 2 heteroatoms. The molecule has 1 aromatic rings. The lowest BCUT2D eigenvalue weighted by molar-refractivity contribution is 0.250. The van der Waals surface area contributed by atoms with Gasteiger partial charge in [0.25, 0.3) is 0 Å². The Morgan fingerprint density at radius 3 is 2.50 bits per heavy atom. The SMILES string of the molecule is CC(C)[C@H]1C[C@H](Sc2ccccc2)CN1C. The number of nitrogens with zero attached hydrogens (tertiary/aromatic N) is 1. The molecule has 1 nitrogen and oxygen atoms in total. The van der Waals surface area contributed by atoms with Crippen LogP contribution >= 0.6 is 11.8 Å². The van der Waals surface area contributed by atoms with Gasteiger partial charge in [-0.2, -0.15) is 0 Å². The summed E-state index contributed by atoms with van der Waals surface area (Å²) < 4.78 is 0. The Kier molecular flexibility index (Phi) is 3.93. The van der Waals surface area contributed by atoms with Crippen molar-refractivity contribution in [3.05, 3.63) is 30.3 Å². The van der Waals surface area contributed by atoms with Crippen LogP contribution in [-0.4, -0.2) is 29.8 Å². The third-order valence-corrected chi connectivity index (χ3v) is 4.60. The second-order valence-electron chi connectivity index (χ2n) is 5.04. The van der Waals surface area contributed by atoms with Crippen molar-refractivity contribution in [2.45, 2.75) is 36.5 Å². The third-order valence-electron chi connectivity index (χ3n) is 3.38. The van der Waals surface area contributed by atoms with Gasteiger partial charge in [0.05, 0.1) is 0 Å². The van der Waals surface area contributed by atoms with Gasteiger partial charge in [-0.1, -0.05) is 32.0 Å². The van der Waals surface area contributed by atoms with Crippen molar-refractivity contribution >= 4 is 11.8 Å². The highest BCUT2D eigenvalue weighted by Gasteiger charge is 2.31. The fourth-order valence-corrected chi connectivity index (χ4v) is 3.84. The van der Waals surface area contributed by atoms with Crippen LogP contribution in [0.5, 0.6) is 0 Å². The van der Waals surface area contributed by atoms with Crippen LogP contribution in [0.3, 0.4) is 0 Å². The van der Waals surface area contributed by atoms with Gasteiger partial charge in [0.2, 0.25) is 0 Å². The summed E-state index contributed by atoms with van der Waals surface area (Å²) in [6, 6.07) is 11.5. The Morgan fingerprint density at radius 2 is 1.94 bits per heavy atom. The quantitative estimate of drug-likeness (QED) is 0.789. The Hall–Kier alpha value is -0.470. The predicted molar refractivity (Wildman–Crippen MR) is 72.0 cm³/mol. The van der Waals surface area contributed by atoms with Crippen LogP contribution in [0.2, 0.25) is 0 Å². The van der Waals surface area contributed by atoms with Gasteiger partial charge in [-0.3, -0.25) is 0 Å². The van der Waals surface area contributed by atoms with Crippen LogP contribution in [-0.2, 0) is 0 Å². The molecule has 2 atom stereocenters. The van der Waals surface area contributed by atoms with E-state index in [1.807, 2.05) is 11.8 Å². The lowest BCUT2D eigenvalue weighted by Gasteiger charge is -2.22. The first-order valence-corrected chi connectivity index (χ1v) is 6.96. The standard InChI is InChI=1S/C14H21NS/c1-11(2)14-9-13(10-15(14)3)16-12-7-5-4-6-8-12/h4-8,11,13-14H,9-10H2,1-3H3/t13-,14+/m0/s1. The van der Waals surface area contributed by atoms with Crippen molar-refractivity contribution in [1.82, 2.24) is 4.90 Å². The fourth-order valence-electron chi connectivity index (χ4n) is 2.54. The predicted octanol–water partition coefficient (Wildman–Crippen LogP) is 3.51. The van der Waals surface area contributed by atoms with E-state index in [9.17, 15) is 0 Å².